The molecule has 3 aliphatic heterocycles. The third-order valence-electron chi connectivity index (χ3n) is 13.9. The molecule has 0 radical (unpaired) electrons. The number of halogens is 2. The first-order valence-electron chi connectivity index (χ1n) is 21.3. The molecule has 3 aromatic heterocycles. The van der Waals surface area contributed by atoms with Gasteiger partial charge in [-0.25, -0.2) is 37.8 Å². The highest BCUT2D eigenvalue weighted by Gasteiger charge is 2.51. The highest BCUT2D eigenvalue weighted by Crippen LogP contribution is 2.55. The molecule has 61 heavy (non-hydrogen) atoms. The molecule has 3 aliphatic carbocycles. The van der Waals surface area contributed by atoms with Gasteiger partial charge in [0.15, 0.2) is 29.8 Å². The lowest BCUT2D eigenvalue weighted by Crippen LogP contribution is -2.14. The Morgan fingerprint density at radius 3 is 1.46 bits per heavy atom. The summed E-state index contributed by atoms with van der Waals surface area (Å²) in [6.07, 6.45) is -0.147. The predicted molar refractivity (Wildman–Crippen MR) is 212 cm³/mol. The third-order valence-corrected chi connectivity index (χ3v) is 13.9. The minimum atomic E-state index is -1.44. The zero-order valence-corrected chi connectivity index (χ0v) is 33.2. The van der Waals surface area contributed by atoms with Gasteiger partial charge in [0.05, 0.1) is 18.1 Å². The highest BCUT2D eigenvalue weighted by atomic mass is 19.1. The van der Waals surface area contributed by atoms with E-state index in [1.165, 1.54) is 0 Å². The number of aromatic nitrogens is 9. The smallest absolute Gasteiger partial charge is 0.217 e. The Morgan fingerprint density at radius 1 is 0.541 bits per heavy atom. The quantitative estimate of drug-likeness (QED) is 0.131. The van der Waals surface area contributed by atoms with Gasteiger partial charge in [0, 0.05) is 37.0 Å². The maximum Gasteiger partial charge on any atom is 0.217 e. The second-order valence-electron chi connectivity index (χ2n) is 17.8. The van der Waals surface area contributed by atoms with Gasteiger partial charge in [0.25, 0.3) is 0 Å². The van der Waals surface area contributed by atoms with Crippen LogP contribution in [0.15, 0.2) is 72.8 Å². The summed E-state index contributed by atoms with van der Waals surface area (Å²) in [5.41, 5.74) is 5.58. The number of hydrogen-bond acceptors (Lipinski definition) is 10. The number of hydrogen-bond donors (Lipinski definition) is 1. The van der Waals surface area contributed by atoms with Crippen LogP contribution in [0.5, 0.6) is 0 Å². The molecular formula is C46H41F2N9O4. The molecule has 3 fully saturated rings. The molecule has 6 aromatic rings. The summed E-state index contributed by atoms with van der Waals surface area (Å²) in [6, 6.07) is 22.0. The summed E-state index contributed by atoms with van der Waals surface area (Å²) in [6.45, 7) is 1.98. The van der Waals surface area contributed by atoms with Crippen molar-refractivity contribution in [2.24, 2.45) is 17.8 Å². The van der Waals surface area contributed by atoms with Crippen LogP contribution in [0.1, 0.15) is 176 Å². The number of carbonyl (C=O) groups is 3. The normalized spacial score (nSPS) is 29.3. The topological polar surface area (TPSA) is 164 Å². The number of benzene rings is 3. The van der Waals surface area contributed by atoms with Gasteiger partial charge < -0.3 is 5.11 Å². The van der Waals surface area contributed by atoms with E-state index in [2.05, 4.69) is 30.2 Å². The van der Waals surface area contributed by atoms with Crippen LogP contribution in [-0.2, 0) is 0 Å². The summed E-state index contributed by atoms with van der Waals surface area (Å²) in [5, 5.41) is 24.7. The number of nitrogens with zero attached hydrogens (tertiary/aromatic N) is 9. The van der Waals surface area contributed by atoms with Gasteiger partial charge in [-0.15, -0.1) is 15.3 Å². The van der Waals surface area contributed by atoms with Crippen molar-refractivity contribution in [3.8, 4) is 0 Å². The van der Waals surface area contributed by atoms with Crippen LogP contribution < -0.4 is 0 Å². The predicted octanol–water partition coefficient (Wildman–Crippen LogP) is 7.37. The number of ketones is 3. The van der Waals surface area contributed by atoms with Crippen molar-refractivity contribution in [1.29, 1.82) is 0 Å². The Morgan fingerprint density at radius 2 is 0.951 bits per heavy atom. The van der Waals surface area contributed by atoms with Gasteiger partial charge in [-0.05, 0) is 77.8 Å². The first kappa shape index (κ1) is 36.7. The van der Waals surface area contributed by atoms with Crippen molar-refractivity contribution in [2.75, 3.05) is 0 Å². The summed E-state index contributed by atoms with van der Waals surface area (Å²) in [4.78, 5) is 54.0. The SMILES string of the molecule is Cc1ccccc1[C@@H]1C[C@H](F)c2nc(C(=O)C3CC3c3ccccc3[C@@H]3C[C@@H](F)c4nc(C(=O)C5CC5c5ccccc5[C@@H]5C[C@@H](O)c6nc(C(=O)C7CC7)nn65)nn43)nn21. The number of rotatable bonds is 11. The maximum atomic E-state index is 15.8. The van der Waals surface area contributed by atoms with Crippen molar-refractivity contribution in [3.63, 3.8) is 0 Å². The number of aryl methyl sites for hydroxylation is 1. The molecule has 4 unspecified atom stereocenters. The minimum absolute atomic E-state index is 0.0172. The van der Waals surface area contributed by atoms with Gasteiger partial charge in [-0.2, -0.15) is 0 Å². The molecule has 6 aliphatic rings. The fourth-order valence-electron chi connectivity index (χ4n) is 10.4. The van der Waals surface area contributed by atoms with Gasteiger partial charge in [0.1, 0.15) is 6.10 Å². The lowest BCUT2D eigenvalue weighted by Gasteiger charge is -2.17. The van der Waals surface area contributed by atoms with Crippen LogP contribution in [-0.4, -0.2) is 66.7 Å². The van der Waals surface area contributed by atoms with E-state index in [1.54, 1.807) is 14.0 Å². The zero-order chi connectivity index (χ0) is 41.4. The van der Waals surface area contributed by atoms with Crippen LogP contribution in [0.2, 0.25) is 0 Å². The summed E-state index contributed by atoms with van der Waals surface area (Å²) >= 11 is 0. The zero-order valence-electron chi connectivity index (χ0n) is 33.2. The molecule has 15 heteroatoms. The standard InChI is InChI=1S/C46H41F2N9O4/c1-21-8-2-3-9-23(21)34-18-32(47)44-49-42(53-55(34)44)39(60)30-16-28(30)24-10-4-6-12-26(24)35-19-33(48)45-50-43(54-56(35)45)40(61)31-17-29(31)25-11-5-7-13-27(25)36-20-37(58)46-51-41(52-57(36)46)38(59)22-14-15-22/h2-13,22,28-37,58H,14-20H2,1H3/t28?,29?,30?,31?,32-,33+,34-,35-,36-,37+/m0/s1. The molecule has 0 amide bonds. The van der Waals surface area contributed by atoms with Gasteiger partial charge in [0.2, 0.25) is 34.8 Å². The van der Waals surface area contributed by atoms with E-state index in [-0.39, 0.29) is 89.2 Å². The molecule has 13 nitrogen and oxygen atoms in total. The molecular weight excluding hydrogens is 781 g/mol. The van der Waals surface area contributed by atoms with E-state index in [9.17, 15) is 19.5 Å². The number of carbonyl (C=O) groups excluding carboxylic acids is 3. The molecule has 0 saturated heterocycles. The van der Waals surface area contributed by atoms with Crippen molar-refractivity contribution in [1.82, 2.24) is 44.3 Å². The number of Topliss-reactive ketones (excluding diaryl/α,β-unsaturated/α-hetero) is 3. The average Bonchev–Trinajstić information content (AvgIpc) is 4.21. The molecule has 1 N–H and O–H groups in total. The number of aliphatic hydroxyl groups excluding tert-OH is 1. The monoisotopic (exact) mass is 821 g/mol. The number of alkyl halides is 2. The fourth-order valence-corrected chi connectivity index (χ4v) is 10.4. The summed E-state index contributed by atoms with van der Waals surface area (Å²) in [5.74, 6) is -0.888. The Bertz CT molecular complexity index is 2830. The van der Waals surface area contributed by atoms with Crippen molar-refractivity contribution >= 4 is 17.3 Å². The molecule has 6 heterocycles. The maximum absolute atomic E-state index is 15.8. The van der Waals surface area contributed by atoms with Crippen LogP contribution in [0.25, 0.3) is 0 Å². The van der Waals surface area contributed by atoms with E-state index in [0.717, 1.165) is 46.2 Å². The van der Waals surface area contributed by atoms with E-state index >= 15 is 8.78 Å². The average molecular weight is 822 g/mol. The molecule has 3 saturated carbocycles. The molecule has 0 bridgehead atoms. The van der Waals surface area contributed by atoms with E-state index in [1.807, 2.05) is 79.7 Å². The number of fused-ring (bicyclic) bond motifs is 3. The van der Waals surface area contributed by atoms with Gasteiger partial charge in [-0.1, -0.05) is 72.8 Å². The van der Waals surface area contributed by atoms with Gasteiger partial charge >= 0.3 is 0 Å². The van der Waals surface area contributed by atoms with Crippen LogP contribution >= 0.6 is 0 Å². The summed E-state index contributed by atoms with van der Waals surface area (Å²) in [7, 11) is 0. The Labute approximate surface area is 348 Å². The minimum Gasteiger partial charge on any atom is -0.385 e. The Hall–Kier alpha value is -6.09. The summed E-state index contributed by atoms with van der Waals surface area (Å²) < 4.78 is 35.9. The van der Waals surface area contributed by atoms with Crippen molar-refractivity contribution < 1.29 is 28.3 Å². The number of aliphatic hydroxyl groups is 1. The molecule has 0 spiro atoms. The third kappa shape index (κ3) is 5.83. The lowest BCUT2D eigenvalue weighted by molar-refractivity contribution is 0.0946. The molecule has 308 valence electrons. The first-order chi connectivity index (χ1) is 29.6. The van der Waals surface area contributed by atoms with Crippen LogP contribution in [0.4, 0.5) is 8.78 Å². The van der Waals surface area contributed by atoms with Crippen LogP contribution in [0, 0.1) is 24.7 Å². The van der Waals surface area contributed by atoms with E-state index < -0.39 is 36.3 Å². The second-order valence-corrected chi connectivity index (χ2v) is 17.8. The van der Waals surface area contributed by atoms with Crippen LogP contribution in [0.3, 0.4) is 0 Å². The fraction of sp³-hybridized carbons (Fsp3) is 0.413. The highest BCUT2D eigenvalue weighted by molar-refractivity contribution is 5.98. The van der Waals surface area contributed by atoms with Crippen molar-refractivity contribution in [3.05, 3.63) is 141 Å². The van der Waals surface area contributed by atoms with E-state index in [0.29, 0.717) is 25.1 Å². The lowest BCUT2D eigenvalue weighted by atomic mass is 9.94. The Kier molecular flexibility index (Phi) is 8.10. The molecule has 12 rings (SSSR count). The first-order valence-corrected chi connectivity index (χ1v) is 21.3. The van der Waals surface area contributed by atoms with Gasteiger partial charge in [-0.3, -0.25) is 14.4 Å². The Balaban J connectivity index is 0.770. The van der Waals surface area contributed by atoms with Crippen molar-refractivity contribution in [2.45, 2.75) is 100 Å². The largest absolute Gasteiger partial charge is 0.385 e. The molecule has 10 atom stereocenters. The van der Waals surface area contributed by atoms with E-state index in [4.69, 9.17) is 0 Å². The molecule has 3 aromatic carbocycles. The second kappa shape index (κ2) is 13.5.